The first kappa shape index (κ1) is 13.4. The predicted molar refractivity (Wildman–Crippen MR) is 75.2 cm³/mol. The van der Waals surface area contributed by atoms with E-state index in [-0.39, 0.29) is 0 Å². The van der Waals surface area contributed by atoms with Crippen molar-refractivity contribution in [2.45, 2.75) is 19.3 Å². The number of hydrogen-bond acceptors (Lipinski definition) is 3. The Balaban J connectivity index is 1.62. The molecule has 0 atom stereocenters. The second-order valence-electron chi connectivity index (χ2n) is 4.86. The topological polar surface area (TPSA) is 24.5 Å². The molecular weight excluding hydrogens is 224 g/mol. The molecule has 1 heterocycles. The Bertz CT molecular complexity index is 348. The molecule has 3 heteroatoms. The molecule has 0 radical (unpaired) electrons. The van der Waals surface area contributed by atoms with E-state index in [2.05, 4.69) is 22.3 Å². The van der Waals surface area contributed by atoms with Crippen LogP contribution in [0.15, 0.2) is 24.3 Å². The summed E-state index contributed by atoms with van der Waals surface area (Å²) in [6, 6.07) is 8.26. The van der Waals surface area contributed by atoms with Gasteiger partial charge in [-0.15, -0.1) is 0 Å². The summed E-state index contributed by atoms with van der Waals surface area (Å²) in [4.78, 5) is 2.54. The van der Waals surface area contributed by atoms with Crippen molar-refractivity contribution in [1.82, 2.24) is 10.2 Å². The maximum atomic E-state index is 5.35. The van der Waals surface area contributed by atoms with Crippen LogP contribution < -0.4 is 10.1 Å². The second-order valence-corrected chi connectivity index (χ2v) is 4.86. The molecule has 0 aliphatic carbocycles. The molecule has 0 spiro atoms. The fraction of sp³-hybridized carbons (Fsp3) is 0.600. The summed E-state index contributed by atoms with van der Waals surface area (Å²) in [5.74, 6) is 0.999. The fourth-order valence-electron chi connectivity index (χ4n) is 2.50. The van der Waals surface area contributed by atoms with Crippen molar-refractivity contribution in [2.75, 3.05) is 39.8 Å². The van der Waals surface area contributed by atoms with Gasteiger partial charge in [-0.05, 0) is 50.5 Å². The molecule has 2 rings (SSSR count). The second kappa shape index (κ2) is 7.39. The number of methoxy groups -OCH3 is 1. The average molecular weight is 248 g/mol. The van der Waals surface area contributed by atoms with Gasteiger partial charge in [0.15, 0.2) is 0 Å². The van der Waals surface area contributed by atoms with Gasteiger partial charge in [0.05, 0.1) is 7.11 Å². The molecule has 1 aliphatic heterocycles. The van der Waals surface area contributed by atoms with Gasteiger partial charge in [0.1, 0.15) is 5.75 Å². The van der Waals surface area contributed by atoms with Crippen molar-refractivity contribution in [3.05, 3.63) is 29.8 Å². The molecule has 3 nitrogen and oxygen atoms in total. The lowest BCUT2D eigenvalue weighted by molar-refractivity contribution is 0.336. The van der Waals surface area contributed by atoms with Gasteiger partial charge in [-0.3, -0.25) is 0 Å². The average Bonchev–Trinajstić information content (AvgIpc) is 2.92. The van der Waals surface area contributed by atoms with Gasteiger partial charge in [0.2, 0.25) is 0 Å². The van der Waals surface area contributed by atoms with Gasteiger partial charge in [0, 0.05) is 13.1 Å². The standard InChI is InChI=1S/C15H24N2O/c1-18-15-7-3-2-6-14(15)8-9-16-10-13-17-11-4-5-12-17/h2-3,6-7,16H,4-5,8-13H2,1H3. The highest BCUT2D eigenvalue weighted by Crippen LogP contribution is 2.17. The number of ether oxygens (including phenoxy) is 1. The van der Waals surface area contributed by atoms with Crippen LogP contribution in [0.4, 0.5) is 0 Å². The molecule has 0 unspecified atom stereocenters. The molecule has 1 N–H and O–H groups in total. The van der Waals surface area contributed by atoms with Gasteiger partial charge >= 0.3 is 0 Å². The molecule has 1 aromatic rings. The van der Waals surface area contributed by atoms with E-state index in [9.17, 15) is 0 Å². The number of likely N-dealkylation sites (tertiary alicyclic amines) is 1. The molecule has 1 aliphatic rings. The molecule has 0 saturated carbocycles. The van der Waals surface area contributed by atoms with Crippen LogP contribution in [-0.2, 0) is 6.42 Å². The van der Waals surface area contributed by atoms with Gasteiger partial charge in [-0.2, -0.15) is 0 Å². The third-order valence-electron chi connectivity index (χ3n) is 3.57. The number of nitrogens with one attached hydrogen (secondary N) is 1. The Morgan fingerprint density at radius 2 is 1.94 bits per heavy atom. The summed E-state index contributed by atoms with van der Waals surface area (Å²) < 4.78 is 5.35. The minimum Gasteiger partial charge on any atom is -0.496 e. The monoisotopic (exact) mass is 248 g/mol. The Morgan fingerprint density at radius 3 is 2.72 bits per heavy atom. The largest absolute Gasteiger partial charge is 0.496 e. The summed E-state index contributed by atoms with van der Waals surface area (Å²) in [7, 11) is 1.74. The fourth-order valence-corrected chi connectivity index (χ4v) is 2.50. The van der Waals surface area contributed by atoms with E-state index in [1.165, 1.54) is 38.0 Å². The van der Waals surface area contributed by atoms with Crippen LogP contribution in [0.5, 0.6) is 5.75 Å². The van der Waals surface area contributed by atoms with Crippen molar-refractivity contribution in [3.63, 3.8) is 0 Å². The normalized spacial score (nSPS) is 16.1. The van der Waals surface area contributed by atoms with Crippen LogP contribution >= 0.6 is 0 Å². The van der Waals surface area contributed by atoms with E-state index in [1.807, 2.05) is 12.1 Å². The quantitative estimate of drug-likeness (QED) is 0.746. The van der Waals surface area contributed by atoms with Gasteiger partial charge in [-0.25, -0.2) is 0 Å². The highest BCUT2D eigenvalue weighted by atomic mass is 16.5. The van der Waals surface area contributed by atoms with Gasteiger partial charge in [0.25, 0.3) is 0 Å². The van der Waals surface area contributed by atoms with Crippen molar-refractivity contribution in [3.8, 4) is 5.75 Å². The highest BCUT2D eigenvalue weighted by Gasteiger charge is 2.09. The first-order valence-electron chi connectivity index (χ1n) is 6.95. The highest BCUT2D eigenvalue weighted by molar-refractivity contribution is 5.33. The zero-order chi connectivity index (χ0) is 12.6. The van der Waals surface area contributed by atoms with Crippen molar-refractivity contribution < 1.29 is 4.74 Å². The molecular formula is C15H24N2O. The van der Waals surface area contributed by atoms with E-state index in [0.717, 1.165) is 25.3 Å². The van der Waals surface area contributed by atoms with Crippen LogP contribution in [-0.4, -0.2) is 44.7 Å². The summed E-state index contributed by atoms with van der Waals surface area (Å²) in [6.45, 7) is 5.87. The summed E-state index contributed by atoms with van der Waals surface area (Å²) in [6.07, 6.45) is 3.78. The third-order valence-corrected chi connectivity index (χ3v) is 3.57. The predicted octanol–water partition coefficient (Wildman–Crippen LogP) is 1.92. The van der Waals surface area contributed by atoms with Gasteiger partial charge < -0.3 is 15.0 Å². The van der Waals surface area contributed by atoms with E-state index >= 15 is 0 Å². The lowest BCUT2D eigenvalue weighted by Crippen LogP contribution is -2.30. The lowest BCUT2D eigenvalue weighted by Gasteiger charge is -2.15. The number of hydrogen-bond donors (Lipinski definition) is 1. The summed E-state index contributed by atoms with van der Waals surface area (Å²) in [5.41, 5.74) is 1.29. The Morgan fingerprint density at radius 1 is 1.17 bits per heavy atom. The molecule has 100 valence electrons. The maximum Gasteiger partial charge on any atom is 0.122 e. The number of nitrogens with zero attached hydrogens (tertiary/aromatic N) is 1. The smallest absolute Gasteiger partial charge is 0.122 e. The Labute approximate surface area is 110 Å². The first-order chi connectivity index (χ1) is 8.90. The molecule has 18 heavy (non-hydrogen) atoms. The summed E-state index contributed by atoms with van der Waals surface area (Å²) in [5, 5.41) is 3.51. The number of benzene rings is 1. The van der Waals surface area contributed by atoms with Crippen LogP contribution in [0.1, 0.15) is 18.4 Å². The molecule has 0 aromatic heterocycles. The van der Waals surface area contributed by atoms with E-state index in [4.69, 9.17) is 4.74 Å². The van der Waals surface area contributed by atoms with Crippen LogP contribution in [0, 0.1) is 0 Å². The maximum absolute atomic E-state index is 5.35. The first-order valence-corrected chi connectivity index (χ1v) is 6.95. The lowest BCUT2D eigenvalue weighted by atomic mass is 10.1. The van der Waals surface area contributed by atoms with E-state index in [0.29, 0.717) is 0 Å². The molecule has 0 amide bonds. The molecule has 1 aromatic carbocycles. The molecule has 0 bridgehead atoms. The molecule has 1 saturated heterocycles. The van der Waals surface area contributed by atoms with Crippen molar-refractivity contribution in [1.29, 1.82) is 0 Å². The minimum atomic E-state index is 0.999. The van der Waals surface area contributed by atoms with Crippen molar-refractivity contribution in [2.24, 2.45) is 0 Å². The van der Waals surface area contributed by atoms with Gasteiger partial charge in [-0.1, -0.05) is 18.2 Å². The van der Waals surface area contributed by atoms with Crippen LogP contribution in [0.2, 0.25) is 0 Å². The number of rotatable bonds is 7. The van der Waals surface area contributed by atoms with Crippen molar-refractivity contribution >= 4 is 0 Å². The Hall–Kier alpha value is -1.06. The van der Waals surface area contributed by atoms with Crippen LogP contribution in [0.25, 0.3) is 0 Å². The zero-order valence-corrected chi connectivity index (χ0v) is 11.3. The third kappa shape index (κ3) is 4.00. The van der Waals surface area contributed by atoms with Crippen LogP contribution in [0.3, 0.4) is 0 Å². The Kier molecular flexibility index (Phi) is 5.49. The molecule has 1 fully saturated rings. The van der Waals surface area contributed by atoms with E-state index in [1.54, 1.807) is 7.11 Å². The number of para-hydroxylation sites is 1. The van der Waals surface area contributed by atoms with E-state index < -0.39 is 0 Å². The minimum absolute atomic E-state index is 0.999. The summed E-state index contributed by atoms with van der Waals surface area (Å²) >= 11 is 0. The SMILES string of the molecule is COc1ccccc1CCNCCN1CCCC1. The zero-order valence-electron chi connectivity index (χ0n) is 11.3.